The van der Waals surface area contributed by atoms with Gasteiger partial charge in [-0.2, -0.15) is 5.10 Å². The standard InChI is InChI=1S/C16H30N6O.2ClH/c1-17-15(13-11-19-21(4)12-13)16(23)18-7-10-22-8-5-14(6-9-22)20(2)3;;/h11-12,14-15,17H,5-10H2,1-4H3,(H,18,23);2*1H. The minimum Gasteiger partial charge on any atom is -0.353 e. The van der Waals surface area contributed by atoms with E-state index in [-0.39, 0.29) is 36.8 Å². The van der Waals surface area contributed by atoms with E-state index in [4.69, 9.17) is 0 Å². The Kier molecular flexibility index (Phi) is 11.3. The van der Waals surface area contributed by atoms with Crippen LogP contribution in [0.5, 0.6) is 0 Å². The van der Waals surface area contributed by atoms with Gasteiger partial charge in [0, 0.05) is 37.9 Å². The van der Waals surface area contributed by atoms with Gasteiger partial charge in [-0.15, -0.1) is 24.8 Å². The molecule has 2 N–H and O–H groups in total. The fourth-order valence-electron chi connectivity index (χ4n) is 3.14. The van der Waals surface area contributed by atoms with Crippen molar-refractivity contribution in [1.82, 2.24) is 30.2 Å². The molecule has 1 fully saturated rings. The zero-order chi connectivity index (χ0) is 16.8. The number of nitrogens with zero attached hydrogens (tertiary/aromatic N) is 4. The summed E-state index contributed by atoms with van der Waals surface area (Å²) in [6.45, 7) is 3.81. The first-order chi connectivity index (χ1) is 11.0. The number of halogens is 2. The molecule has 1 aliphatic rings. The molecule has 1 aromatic heterocycles. The lowest BCUT2D eigenvalue weighted by molar-refractivity contribution is -0.123. The van der Waals surface area contributed by atoms with Crippen LogP contribution < -0.4 is 10.6 Å². The number of amides is 1. The van der Waals surface area contributed by atoms with Gasteiger partial charge in [0.05, 0.1) is 6.20 Å². The van der Waals surface area contributed by atoms with Crippen LogP contribution in [-0.2, 0) is 11.8 Å². The Balaban J connectivity index is 0.00000288. The number of carbonyl (C=O) groups excluding carboxylic acids is 1. The number of aryl methyl sites for hydroxylation is 1. The van der Waals surface area contributed by atoms with Gasteiger partial charge in [0.2, 0.25) is 5.91 Å². The number of hydrogen-bond acceptors (Lipinski definition) is 5. The molecule has 0 radical (unpaired) electrons. The first-order valence-corrected chi connectivity index (χ1v) is 8.33. The molecule has 0 aromatic carbocycles. The first kappa shape index (κ1) is 24.1. The average Bonchev–Trinajstić information content (AvgIpc) is 2.95. The lowest BCUT2D eigenvalue weighted by Gasteiger charge is -2.35. The van der Waals surface area contributed by atoms with Crippen molar-refractivity contribution in [2.45, 2.75) is 24.9 Å². The van der Waals surface area contributed by atoms with E-state index in [2.05, 4.69) is 39.6 Å². The highest BCUT2D eigenvalue weighted by atomic mass is 35.5. The molecule has 1 unspecified atom stereocenters. The summed E-state index contributed by atoms with van der Waals surface area (Å²) in [4.78, 5) is 17.1. The summed E-state index contributed by atoms with van der Waals surface area (Å²) in [5.74, 6) is 0.00341. The second-order valence-electron chi connectivity index (χ2n) is 6.50. The van der Waals surface area contributed by atoms with Crippen molar-refractivity contribution in [1.29, 1.82) is 0 Å². The van der Waals surface area contributed by atoms with Crippen LogP contribution in [0.25, 0.3) is 0 Å². The van der Waals surface area contributed by atoms with Crippen LogP contribution in [0, 0.1) is 0 Å². The quantitative estimate of drug-likeness (QED) is 0.711. The van der Waals surface area contributed by atoms with Crippen LogP contribution in [-0.4, -0.2) is 78.9 Å². The number of piperidine rings is 1. The second kappa shape index (κ2) is 11.7. The molecule has 1 aliphatic heterocycles. The molecule has 25 heavy (non-hydrogen) atoms. The molecule has 7 nitrogen and oxygen atoms in total. The number of rotatable bonds is 7. The third-order valence-corrected chi connectivity index (χ3v) is 4.62. The third kappa shape index (κ3) is 7.11. The normalized spacial score (nSPS) is 16.8. The summed E-state index contributed by atoms with van der Waals surface area (Å²) in [5.41, 5.74) is 0.888. The van der Waals surface area contributed by atoms with Crippen molar-refractivity contribution in [2.24, 2.45) is 7.05 Å². The molecule has 146 valence electrons. The summed E-state index contributed by atoms with van der Waals surface area (Å²) in [6.07, 6.45) is 6.01. The molecule has 0 saturated carbocycles. The van der Waals surface area contributed by atoms with Gasteiger partial charge in [-0.25, -0.2) is 0 Å². The number of aromatic nitrogens is 2. The largest absolute Gasteiger partial charge is 0.353 e. The topological polar surface area (TPSA) is 65.4 Å². The van der Waals surface area contributed by atoms with Gasteiger partial charge in [-0.3, -0.25) is 9.48 Å². The monoisotopic (exact) mass is 394 g/mol. The summed E-state index contributed by atoms with van der Waals surface area (Å²) >= 11 is 0. The predicted molar refractivity (Wildman–Crippen MR) is 106 cm³/mol. The van der Waals surface area contributed by atoms with Gasteiger partial charge < -0.3 is 20.4 Å². The van der Waals surface area contributed by atoms with Crippen molar-refractivity contribution >= 4 is 30.7 Å². The second-order valence-corrected chi connectivity index (χ2v) is 6.50. The van der Waals surface area contributed by atoms with Gasteiger partial charge in [0.25, 0.3) is 0 Å². The van der Waals surface area contributed by atoms with Crippen molar-refractivity contribution in [3.8, 4) is 0 Å². The molecule has 1 amide bonds. The molecule has 1 aromatic rings. The third-order valence-electron chi connectivity index (χ3n) is 4.62. The van der Waals surface area contributed by atoms with Crippen LogP contribution in [0.1, 0.15) is 24.4 Å². The average molecular weight is 395 g/mol. The van der Waals surface area contributed by atoms with E-state index in [0.717, 1.165) is 25.2 Å². The molecule has 1 saturated heterocycles. The van der Waals surface area contributed by atoms with Crippen LogP contribution in [0.4, 0.5) is 0 Å². The highest BCUT2D eigenvalue weighted by molar-refractivity contribution is 5.85. The van der Waals surface area contributed by atoms with E-state index in [9.17, 15) is 4.79 Å². The molecule has 0 bridgehead atoms. The van der Waals surface area contributed by atoms with Gasteiger partial charge in [-0.05, 0) is 47.1 Å². The minimum atomic E-state index is -0.344. The SMILES string of the molecule is CNC(C(=O)NCCN1CCC(N(C)C)CC1)c1cnn(C)c1.Cl.Cl. The van der Waals surface area contributed by atoms with E-state index in [1.54, 1.807) is 17.9 Å². The van der Waals surface area contributed by atoms with Gasteiger partial charge in [-0.1, -0.05) is 0 Å². The highest BCUT2D eigenvalue weighted by Crippen LogP contribution is 2.14. The summed E-state index contributed by atoms with van der Waals surface area (Å²) in [7, 11) is 7.95. The van der Waals surface area contributed by atoms with Crippen molar-refractivity contribution in [3.63, 3.8) is 0 Å². The molecule has 0 aliphatic carbocycles. The van der Waals surface area contributed by atoms with Crippen LogP contribution >= 0.6 is 24.8 Å². The number of hydrogen-bond donors (Lipinski definition) is 2. The molecule has 1 atom stereocenters. The summed E-state index contributed by atoms with van der Waals surface area (Å²) in [5, 5.41) is 10.2. The zero-order valence-corrected chi connectivity index (χ0v) is 17.2. The minimum absolute atomic E-state index is 0. The maximum atomic E-state index is 12.3. The Hall–Kier alpha value is -0.860. The Morgan fingerprint density at radius 3 is 2.48 bits per heavy atom. The Labute approximate surface area is 163 Å². The van der Waals surface area contributed by atoms with Gasteiger partial charge in [0.1, 0.15) is 6.04 Å². The number of carbonyl (C=O) groups is 1. The molecule has 9 heteroatoms. The summed E-state index contributed by atoms with van der Waals surface area (Å²) < 4.78 is 1.71. The smallest absolute Gasteiger partial charge is 0.241 e. The lowest BCUT2D eigenvalue weighted by Crippen LogP contribution is -2.45. The van der Waals surface area contributed by atoms with Crippen LogP contribution in [0.2, 0.25) is 0 Å². The van der Waals surface area contributed by atoms with E-state index < -0.39 is 0 Å². The van der Waals surface area contributed by atoms with Crippen molar-refractivity contribution in [3.05, 3.63) is 18.0 Å². The highest BCUT2D eigenvalue weighted by Gasteiger charge is 2.22. The Morgan fingerprint density at radius 1 is 1.36 bits per heavy atom. The number of likely N-dealkylation sites (tertiary alicyclic amines) is 1. The molecule has 2 heterocycles. The number of likely N-dealkylation sites (N-methyl/N-ethyl adjacent to an activating group) is 1. The Bertz CT molecular complexity index is 503. The lowest BCUT2D eigenvalue weighted by atomic mass is 10.0. The maximum absolute atomic E-state index is 12.3. The number of nitrogens with one attached hydrogen (secondary N) is 2. The summed E-state index contributed by atoms with van der Waals surface area (Å²) in [6, 6.07) is 0.350. The van der Waals surface area contributed by atoms with E-state index in [1.807, 2.05) is 13.2 Å². The van der Waals surface area contributed by atoms with Crippen molar-refractivity contribution in [2.75, 3.05) is 47.3 Å². The Morgan fingerprint density at radius 2 is 2.00 bits per heavy atom. The van der Waals surface area contributed by atoms with Crippen LogP contribution in [0.15, 0.2) is 12.4 Å². The molecule has 0 spiro atoms. The van der Waals surface area contributed by atoms with E-state index in [1.165, 1.54) is 12.8 Å². The molecular formula is C16H32Cl2N6O. The predicted octanol–water partition coefficient (Wildman–Crippen LogP) is 0.666. The fourth-order valence-corrected chi connectivity index (χ4v) is 3.14. The molecular weight excluding hydrogens is 363 g/mol. The maximum Gasteiger partial charge on any atom is 0.241 e. The fraction of sp³-hybridized carbons (Fsp3) is 0.750. The van der Waals surface area contributed by atoms with Crippen LogP contribution in [0.3, 0.4) is 0 Å². The van der Waals surface area contributed by atoms with E-state index in [0.29, 0.717) is 12.6 Å². The van der Waals surface area contributed by atoms with Gasteiger partial charge in [0.15, 0.2) is 0 Å². The molecule has 2 rings (SSSR count). The van der Waals surface area contributed by atoms with Crippen molar-refractivity contribution < 1.29 is 4.79 Å². The van der Waals surface area contributed by atoms with Gasteiger partial charge >= 0.3 is 0 Å². The zero-order valence-electron chi connectivity index (χ0n) is 15.6. The van der Waals surface area contributed by atoms with E-state index >= 15 is 0 Å². The first-order valence-electron chi connectivity index (χ1n) is 8.33.